The molecule has 1 saturated heterocycles. The molecule has 1 amide bonds. The first-order valence-corrected chi connectivity index (χ1v) is 3.12. The van der Waals surface area contributed by atoms with Gasteiger partial charge in [-0.25, -0.2) is 0 Å². The molecule has 0 spiro atoms. The molecule has 0 aromatic carbocycles. The van der Waals surface area contributed by atoms with Gasteiger partial charge in [-0.15, -0.1) is 0 Å². The number of amides is 1. The minimum absolute atomic E-state index is 0.249. The van der Waals surface area contributed by atoms with Gasteiger partial charge >= 0.3 is 0 Å². The SMILES string of the molecule is C[C@@H]1CC(C)(C(N)=O)N1. The van der Waals surface area contributed by atoms with Gasteiger partial charge in [-0.2, -0.15) is 0 Å². The highest BCUT2D eigenvalue weighted by atomic mass is 16.1. The Bertz CT molecular complexity index is 138. The predicted octanol–water partition coefficient (Wildman–Crippen LogP) is -0.388. The van der Waals surface area contributed by atoms with Crippen LogP contribution in [0.2, 0.25) is 0 Å². The maximum Gasteiger partial charge on any atom is 0.237 e. The lowest BCUT2D eigenvalue weighted by atomic mass is 9.84. The van der Waals surface area contributed by atoms with E-state index in [0.29, 0.717) is 6.04 Å². The number of nitrogens with two attached hydrogens (primary N) is 1. The molecule has 0 aliphatic carbocycles. The Balaban J connectivity index is 2.50. The van der Waals surface area contributed by atoms with Crippen molar-refractivity contribution in [1.82, 2.24) is 5.32 Å². The Hall–Kier alpha value is -0.570. The Kier molecular flexibility index (Phi) is 1.24. The molecular formula is C6H12N2O. The fraction of sp³-hybridized carbons (Fsp3) is 0.833. The zero-order valence-corrected chi connectivity index (χ0v) is 5.77. The number of primary amides is 1. The van der Waals surface area contributed by atoms with Crippen LogP contribution in [0, 0.1) is 0 Å². The second kappa shape index (κ2) is 1.70. The molecule has 1 aliphatic rings. The minimum Gasteiger partial charge on any atom is -0.368 e. The van der Waals surface area contributed by atoms with Crippen molar-refractivity contribution in [2.75, 3.05) is 0 Å². The van der Waals surface area contributed by atoms with Crippen LogP contribution in [0.4, 0.5) is 0 Å². The smallest absolute Gasteiger partial charge is 0.237 e. The molecule has 1 aliphatic heterocycles. The van der Waals surface area contributed by atoms with Gasteiger partial charge in [0, 0.05) is 6.04 Å². The molecule has 3 N–H and O–H groups in total. The quantitative estimate of drug-likeness (QED) is 0.505. The van der Waals surface area contributed by atoms with Crippen LogP contribution in [-0.2, 0) is 4.79 Å². The lowest BCUT2D eigenvalue weighted by Gasteiger charge is -2.42. The van der Waals surface area contributed by atoms with E-state index in [9.17, 15) is 4.79 Å². The van der Waals surface area contributed by atoms with E-state index < -0.39 is 5.54 Å². The summed E-state index contributed by atoms with van der Waals surface area (Å²) in [7, 11) is 0. The molecule has 1 unspecified atom stereocenters. The Labute approximate surface area is 54.6 Å². The molecule has 1 rings (SSSR count). The highest BCUT2D eigenvalue weighted by Crippen LogP contribution is 2.22. The number of rotatable bonds is 1. The monoisotopic (exact) mass is 128 g/mol. The minimum atomic E-state index is -0.417. The first-order chi connectivity index (χ1) is 4.04. The third-order valence-corrected chi connectivity index (χ3v) is 1.82. The molecule has 2 atom stereocenters. The summed E-state index contributed by atoms with van der Waals surface area (Å²) in [6.07, 6.45) is 0.863. The van der Waals surface area contributed by atoms with E-state index in [-0.39, 0.29) is 5.91 Å². The molecule has 0 aromatic heterocycles. The summed E-state index contributed by atoms with van der Waals surface area (Å²) in [6, 6.07) is 0.447. The largest absolute Gasteiger partial charge is 0.368 e. The van der Waals surface area contributed by atoms with Crippen molar-refractivity contribution >= 4 is 5.91 Å². The van der Waals surface area contributed by atoms with Crippen molar-refractivity contribution in [3.63, 3.8) is 0 Å². The Morgan fingerprint density at radius 2 is 2.33 bits per heavy atom. The highest BCUT2D eigenvalue weighted by Gasteiger charge is 2.41. The van der Waals surface area contributed by atoms with Gasteiger partial charge in [0.2, 0.25) is 5.91 Å². The summed E-state index contributed by atoms with van der Waals surface area (Å²) >= 11 is 0. The fourth-order valence-electron chi connectivity index (χ4n) is 1.31. The number of hydrogen-bond donors (Lipinski definition) is 2. The molecular weight excluding hydrogens is 116 g/mol. The molecule has 0 radical (unpaired) electrons. The summed E-state index contributed by atoms with van der Waals surface area (Å²) in [4.78, 5) is 10.6. The first kappa shape index (κ1) is 6.55. The van der Waals surface area contributed by atoms with Crippen LogP contribution in [0.5, 0.6) is 0 Å². The van der Waals surface area contributed by atoms with Crippen LogP contribution in [0.3, 0.4) is 0 Å². The van der Waals surface area contributed by atoms with E-state index in [0.717, 1.165) is 6.42 Å². The summed E-state index contributed by atoms with van der Waals surface area (Å²) < 4.78 is 0. The Morgan fingerprint density at radius 3 is 2.44 bits per heavy atom. The van der Waals surface area contributed by atoms with Crippen LogP contribution >= 0.6 is 0 Å². The van der Waals surface area contributed by atoms with E-state index in [1.165, 1.54) is 0 Å². The van der Waals surface area contributed by atoms with Gasteiger partial charge in [0.25, 0.3) is 0 Å². The summed E-state index contributed by atoms with van der Waals surface area (Å²) in [6.45, 7) is 3.86. The number of carbonyl (C=O) groups is 1. The van der Waals surface area contributed by atoms with E-state index in [1.54, 1.807) is 0 Å². The molecule has 9 heavy (non-hydrogen) atoms. The van der Waals surface area contributed by atoms with E-state index >= 15 is 0 Å². The summed E-state index contributed by atoms with van der Waals surface area (Å²) in [5, 5.41) is 3.04. The molecule has 3 heteroatoms. The lowest BCUT2D eigenvalue weighted by Crippen LogP contribution is -2.66. The van der Waals surface area contributed by atoms with E-state index in [1.807, 2.05) is 13.8 Å². The van der Waals surface area contributed by atoms with Gasteiger partial charge < -0.3 is 11.1 Å². The average molecular weight is 128 g/mol. The summed E-state index contributed by atoms with van der Waals surface area (Å²) in [5.41, 5.74) is 4.68. The van der Waals surface area contributed by atoms with Crippen molar-refractivity contribution in [2.24, 2.45) is 5.73 Å². The maximum absolute atomic E-state index is 10.6. The molecule has 1 fully saturated rings. The van der Waals surface area contributed by atoms with Gasteiger partial charge in [0.15, 0.2) is 0 Å². The van der Waals surface area contributed by atoms with Crippen LogP contribution in [-0.4, -0.2) is 17.5 Å². The second-order valence-corrected chi connectivity index (χ2v) is 2.95. The van der Waals surface area contributed by atoms with Crippen LogP contribution < -0.4 is 11.1 Å². The van der Waals surface area contributed by atoms with Crippen molar-refractivity contribution < 1.29 is 4.79 Å². The average Bonchev–Trinajstić information content (AvgIpc) is 1.62. The number of carbonyl (C=O) groups excluding carboxylic acids is 1. The van der Waals surface area contributed by atoms with Crippen LogP contribution in [0.15, 0.2) is 0 Å². The molecule has 3 nitrogen and oxygen atoms in total. The fourth-order valence-corrected chi connectivity index (χ4v) is 1.31. The van der Waals surface area contributed by atoms with E-state index in [2.05, 4.69) is 5.32 Å². The van der Waals surface area contributed by atoms with Crippen molar-refractivity contribution in [3.8, 4) is 0 Å². The molecule has 0 bridgehead atoms. The van der Waals surface area contributed by atoms with Gasteiger partial charge in [-0.3, -0.25) is 4.79 Å². The van der Waals surface area contributed by atoms with Crippen LogP contribution in [0.25, 0.3) is 0 Å². The molecule has 0 saturated carbocycles. The number of nitrogens with one attached hydrogen (secondary N) is 1. The maximum atomic E-state index is 10.6. The standard InChI is InChI=1S/C6H12N2O/c1-4-3-6(2,8-4)5(7)9/h4,8H,3H2,1-2H3,(H2,7,9)/t4-,6?/m1/s1. The normalized spacial score (nSPS) is 41.8. The highest BCUT2D eigenvalue weighted by molar-refractivity contribution is 5.85. The van der Waals surface area contributed by atoms with Gasteiger partial charge in [0.05, 0.1) is 5.54 Å². The first-order valence-electron chi connectivity index (χ1n) is 3.12. The van der Waals surface area contributed by atoms with Crippen LogP contribution in [0.1, 0.15) is 20.3 Å². The van der Waals surface area contributed by atoms with Crippen molar-refractivity contribution in [1.29, 1.82) is 0 Å². The summed E-state index contributed by atoms with van der Waals surface area (Å²) in [5.74, 6) is -0.249. The predicted molar refractivity (Wildman–Crippen MR) is 34.8 cm³/mol. The third kappa shape index (κ3) is 0.920. The second-order valence-electron chi connectivity index (χ2n) is 2.95. The number of hydrogen-bond acceptors (Lipinski definition) is 2. The van der Waals surface area contributed by atoms with E-state index in [4.69, 9.17) is 5.73 Å². The third-order valence-electron chi connectivity index (χ3n) is 1.82. The zero-order valence-electron chi connectivity index (χ0n) is 5.77. The van der Waals surface area contributed by atoms with Crippen molar-refractivity contribution in [3.05, 3.63) is 0 Å². The topological polar surface area (TPSA) is 55.1 Å². The van der Waals surface area contributed by atoms with Crippen molar-refractivity contribution in [2.45, 2.75) is 31.8 Å². The Morgan fingerprint density at radius 1 is 1.89 bits per heavy atom. The molecule has 1 heterocycles. The lowest BCUT2D eigenvalue weighted by molar-refractivity contribution is -0.127. The van der Waals surface area contributed by atoms with Gasteiger partial charge in [0.1, 0.15) is 0 Å². The zero-order chi connectivity index (χ0) is 7.07. The molecule has 52 valence electrons. The van der Waals surface area contributed by atoms with Gasteiger partial charge in [-0.1, -0.05) is 0 Å². The van der Waals surface area contributed by atoms with Gasteiger partial charge in [-0.05, 0) is 20.3 Å². The molecule has 0 aromatic rings.